The lowest BCUT2D eigenvalue weighted by molar-refractivity contribution is 0.823. The van der Waals surface area contributed by atoms with Crippen molar-refractivity contribution in [3.63, 3.8) is 0 Å². The molecule has 0 radical (unpaired) electrons. The normalized spacial score (nSPS) is 13.9. The zero-order valence-electron chi connectivity index (χ0n) is 11.9. The minimum Gasteiger partial charge on any atom is -0.342 e. The van der Waals surface area contributed by atoms with Crippen molar-refractivity contribution in [3.8, 4) is 0 Å². The van der Waals surface area contributed by atoms with Crippen molar-refractivity contribution >= 4 is 11.8 Å². The third kappa shape index (κ3) is 3.17. The van der Waals surface area contributed by atoms with Gasteiger partial charge in [-0.25, -0.2) is 0 Å². The summed E-state index contributed by atoms with van der Waals surface area (Å²) in [6.45, 7) is 14.8. The van der Waals surface area contributed by atoms with Gasteiger partial charge >= 0.3 is 0 Å². The summed E-state index contributed by atoms with van der Waals surface area (Å²) in [5.41, 5.74) is 4.83. The molecule has 0 N–H and O–H groups in total. The highest BCUT2D eigenvalue weighted by Crippen LogP contribution is 2.36. The molecule has 0 aromatic heterocycles. The molecule has 0 spiro atoms. The fourth-order valence-corrected chi connectivity index (χ4v) is 2.43. The fourth-order valence-electron chi connectivity index (χ4n) is 2.43. The zero-order chi connectivity index (χ0) is 13.8. The lowest BCUT2D eigenvalue weighted by Crippen LogP contribution is -2.21. The summed E-state index contributed by atoms with van der Waals surface area (Å²) in [4.78, 5) is 2.23. The molecule has 0 aliphatic heterocycles. The van der Waals surface area contributed by atoms with Gasteiger partial charge in [0.25, 0.3) is 0 Å². The molecule has 0 bridgehead atoms. The summed E-state index contributed by atoms with van der Waals surface area (Å²) in [5.74, 6) is 0.870. The molecule has 1 saturated carbocycles. The molecule has 19 heavy (non-hydrogen) atoms. The molecule has 100 valence electrons. The van der Waals surface area contributed by atoms with Gasteiger partial charge in [-0.2, -0.15) is 0 Å². The van der Waals surface area contributed by atoms with E-state index >= 15 is 0 Å². The average molecular weight is 253 g/mol. The summed E-state index contributed by atoms with van der Waals surface area (Å²) < 4.78 is 0. The smallest absolute Gasteiger partial charge is 0.0443 e. The van der Waals surface area contributed by atoms with Gasteiger partial charge in [0, 0.05) is 17.9 Å². The molecule has 0 unspecified atom stereocenters. The molecular formula is C18H23N. The van der Waals surface area contributed by atoms with Crippen LogP contribution in [0.2, 0.25) is 0 Å². The van der Waals surface area contributed by atoms with E-state index in [-0.39, 0.29) is 0 Å². The number of allylic oxidation sites excluding steroid dienone is 1. The molecule has 1 aliphatic rings. The van der Waals surface area contributed by atoms with Crippen LogP contribution in [0.5, 0.6) is 0 Å². The molecule has 2 rings (SSSR count). The minimum atomic E-state index is 0.870. The van der Waals surface area contributed by atoms with Crippen molar-refractivity contribution in [1.29, 1.82) is 0 Å². The van der Waals surface area contributed by atoms with Gasteiger partial charge in [-0.3, -0.25) is 0 Å². The van der Waals surface area contributed by atoms with Crippen molar-refractivity contribution < 1.29 is 0 Å². The lowest BCUT2D eigenvalue weighted by Gasteiger charge is -2.26. The highest BCUT2D eigenvalue weighted by Gasteiger charge is 2.24. The van der Waals surface area contributed by atoms with Crippen molar-refractivity contribution in [2.24, 2.45) is 5.92 Å². The standard InChI is InChI=1S/C18H23N/c1-5-14(4)19(7-3)18-11-10-15(6-2)12-17(18)13-16-8-9-16/h5-6,10-12,16H,1-2,4,7-9,13H2,3H3. The zero-order valence-corrected chi connectivity index (χ0v) is 11.9. The third-order valence-electron chi connectivity index (χ3n) is 3.73. The maximum atomic E-state index is 4.09. The third-order valence-corrected chi connectivity index (χ3v) is 3.73. The number of benzene rings is 1. The summed E-state index contributed by atoms with van der Waals surface area (Å²) in [6, 6.07) is 6.57. The number of likely N-dealkylation sites (N-methyl/N-ethyl adjacent to an activating group) is 1. The number of hydrogen-bond donors (Lipinski definition) is 0. The molecule has 0 amide bonds. The Hall–Kier alpha value is -1.76. The van der Waals surface area contributed by atoms with Gasteiger partial charge in [0.05, 0.1) is 0 Å². The molecule has 1 aromatic rings. The molecule has 0 atom stereocenters. The summed E-state index contributed by atoms with van der Waals surface area (Å²) in [5, 5.41) is 0. The van der Waals surface area contributed by atoms with Crippen LogP contribution in [-0.4, -0.2) is 6.54 Å². The largest absolute Gasteiger partial charge is 0.342 e. The minimum absolute atomic E-state index is 0.870. The Kier molecular flexibility index (Phi) is 4.26. The molecule has 0 saturated heterocycles. The van der Waals surface area contributed by atoms with Crippen molar-refractivity contribution in [1.82, 2.24) is 0 Å². The van der Waals surface area contributed by atoms with Crippen LogP contribution < -0.4 is 4.90 Å². The molecular weight excluding hydrogens is 230 g/mol. The quantitative estimate of drug-likeness (QED) is 0.630. The van der Waals surface area contributed by atoms with Crippen LogP contribution in [0.1, 0.15) is 30.9 Å². The van der Waals surface area contributed by atoms with Crippen LogP contribution in [0.4, 0.5) is 5.69 Å². The highest BCUT2D eigenvalue weighted by molar-refractivity contribution is 5.63. The Balaban J connectivity index is 2.37. The molecule has 0 heterocycles. The maximum Gasteiger partial charge on any atom is 0.0443 e. The fraction of sp³-hybridized carbons (Fsp3) is 0.333. The predicted molar refractivity (Wildman–Crippen MR) is 85.3 cm³/mol. The van der Waals surface area contributed by atoms with Gasteiger partial charge in [-0.05, 0) is 61.4 Å². The average Bonchev–Trinajstić information content (AvgIpc) is 3.24. The van der Waals surface area contributed by atoms with E-state index < -0.39 is 0 Å². The molecule has 1 fully saturated rings. The van der Waals surface area contributed by atoms with Crippen LogP contribution in [0.15, 0.2) is 49.7 Å². The second-order valence-corrected chi connectivity index (χ2v) is 5.18. The van der Waals surface area contributed by atoms with E-state index in [0.717, 1.165) is 24.6 Å². The van der Waals surface area contributed by atoms with Gasteiger partial charge in [0.2, 0.25) is 0 Å². The van der Waals surface area contributed by atoms with Gasteiger partial charge < -0.3 is 4.90 Å². The van der Waals surface area contributed by atoms with E-state index in [9.17, 15) is 0 Å². The van der Waals surface area contributed by atoms with Crippen LogP contribution in [0.3, 0.4) is 0 Å². The Labute approximate surface area is 116 Å². The highest BCUT2D eigenvalue weighted by atomic mass is 15.1. The first-order chi connectivity index (χ1) is 9.19. The van der Waals surface area contributed by atoms with Gasteiger partial charge in [0.1, 0.15) is 0 Å². The van der Waals surface area contributed by atoms with E-state index in [1.54, 1.807) is 0 Å². The first-order valence-corrected chi connectivity index (χ1v) is 7.03. The number of hydrogen-bond acceptors (Lipinski definition) is 1. The molecule has 1 heteroatoms. The maximum absolute atomic E-state index is 4.09. The topological polar surface area (TPSA) is 3.24 Å². The van der Waals surface area contributed by atoms with Gasteiger partial charge in [-0.1, -0.05) is 31.9 Å². The van der Waals surface area contributed by atoms with E-state index in [1.165, 1.54) is 29.7 Å². The number of rotatable bonds is 7. The van der Waals surface area contributed by atoms with E-state index in [1.807, 2.05) is 12.2 Å². The summed E-state index contributed by atoms with van der Waals surface area (Å²) in [6.07, 6.45) is 7.64. The summed E-state index contributed by atoms with van der Waals surface area (Å²) >= 11 is 0. The van der Waals surface area contributed by atoms with Gasteiger partial charge in [-0.15, -0.1) is 0 Å². The van der Waals surface area contributed by atoms with Gasteiger partial charge in [0.15, 0.2) is 0 Å². The first-order valence-electron chi connectivity index (χ1n) is 7.03. The van der Waals surface area contributed by atoms with E-state index in [0.29, 0.717) is 0 Å². The number of nitrogens with zero attached hydrogens (tertiary/aromatic N) is 1. The van der Waals surface area contributed by atoms with Crippen LogP contribution in [0.25, 0.3) is 6.08 Å². The van der Waals surface area contributed by atoms with Crippen LogP contribution in [0, 0.1) is 5.92 Å². The monoisotopic (exact) mass is 253 g/mol. The molecule has 1 nitrogen and oxygen atoms in total. The van der Waals surface area contributed by atoms with Crippen molar-refractivity contribution in [2.45, 2.75) is 26.2 Å². The number of anilines is 1. The van der Waals surface area contributed by atoms with Crippen molar-refractivity contribution in [2.75, 3.05) is 11.4 Å². The van der Waals surface area contributed by atoms with Crippen LogP contribution >= 0.6 is 0 Å². The van der Waals surface area contributed by atoms with Crippen LogP contribution in [-0.2, 0) is 6.42 Å². The first kappa shape index (κ1) is 13.7. The van der Waals surface area contributed by atoms with Crippen molar-refractivity contribution in [3.05, 3.63) is 60.8 Å². The predicted octanol–water partition coefficient (Wildman–Crippen LogP) is 4.81. The summed E-state index contributed by atoms with van der Waals surface area (Å²) in [7, 11) is 0. The molecule has 1 aliphatic carbocycles. The molecule has 1 aromatic carbocycles. The SMILES string of the molecule is C=CC(=C)N(CC)c1ccc(C=C)cc1CC1CC1. The Morgan fingerprint density at radius 3 is 2.63 bits per heavy atom. The Morgan fingerprint density at radius 2 is 2.11 bits per heavy atom. The Bertz CT molecular complexity index is 494. The van der Waals surface area contributed by atoms with E-state index in [4.69, 9.17) is 0 Å². The van der Waals surface area contributed by atoms with E-state index in [2.05, 4.69) is 49.8 Å². The second-order valence-electron chi connectivity index (χ2n) is 5.18. The second kappa shape index (κ2) is 5.92. The Morgan fingerprint density at radius 1 is 1.37 bits per heavy atom. The lowest BCUT2D eigenvalue weighted by atomic mass is 10.0.